The van der Waals surface area contributed by atoms with Gasteiger partial charge in [0.15, 0.2) is 5.16 Å². The Kier molecular flexibility index (Phi) is 6.78. The van der Waals surface area contributed by atoms with Gasteiger partial charge >= 0.3 is 0 Å². The third-order valence-corrected chi connectivity index (χ3v) is 7.12. The van der Waals surface area contributed by atoms with Crippen LogP contribution in [-0.2, 0) is 0 Å². The number of rotatable bonds is 6. The molecule has 5 rings (SSSR count). The van der Waals surface area contributed by atoms with Crippen LogP contribution in [0, 0.1) is 0 Å². The van der Waals surface area contributed by atoms with Crippen molar-refractivity contribution >= 4 is 40.8 Å². The van der Waals surface area contributed by atoms with E-state index in [-0.39, 0.29) is 6.17 Å². The molecular weight excluding hydrogens is 454 g/mol. The van der Waals surface area contributed by atoms with Crippen molar-refractivity contribution in [1.82, 2.24) is 25.2 Å². The quantitative estimate of drug-likeness (QED) is 0.552. The van der Waals surface area contributed by atoms with Gasteiger partial charge in [0.2, 0.25) is 11.9 Å². The van der Waals surface area contributed by atoms with Gasteiger partial charge in [0.05, 0.1) is 11.2 Å². The maximum Gasteiger partial charge on any atom is 0.231 e. The van der Waals surface area contributed by atoms with Gasteiger partial charge in [-0.05, 0) is 48.2 Å². The molecule has 1 aromatic heterocycles. The second kappa shape index (κ2) is 10.1. The highest BCUT2D eigenvalue weighted by molar-refractivity contribution is 7.99. The Balaban J connectivity index is 1.40. The van der Waals surface area contributed by atoms with E-state index in [9.17, 15) is 0 Å². The van der Waals surface area contributed by atoms with Crippen molar-refractivity contribution in [3.8, 4) is 0 Å². The summed E-state index contributed by atoms with van der Waals surface area (Å²) in [4.78, 5) is 19.7. The number of aromatic nitrogens is 3. The first-order valence-electron chi connectivity index (χ1n) is 11.0. The number of nitrogens with zero attached hydrogens (tertiary/aromatic N) is 5. The highest BCUT2D eigenvalue weighted by Gasteiger charge is 2.21. The lowest BCUT2D eigenvalue weighted by molar-refractivity contribution is 0.311. The standard InChI is InChI=1S/C24H26ClN7S/c1-31-11-13-32(14-12-31)23-28-22(29-24(30-23)33-20-10-6-5-9-19(20)25)27-21-15-18(16-26-21)17-7-3-2-4-8-17/h2-10,15,21,26H,11-14,16H2,1H3,(H,27,28,29,30). The molecule has 0 saturated carbocycles. The Morgan fingerprint density at radius 3 is 2.52 bits per heavy atom. The van der Waals surface area contributed by atoms with Gasteiger partial charge in [-0.25, -0.2) is 0 Å². The Hall–Kier alpha value is -2.65. The molecule has 0 amide bonds. The molecular formula is C24H26ClN7S. The minimum absolute atomic E-state index is 0.0545. The fourth-order valence-corrected chi connectivity index (χ4v) is 4.87. The summed E-state index contributed by atoms with van der Waals surface area (Å²) in [7, 11) is 2.14. The minimum Gasteiger partial charge on any atom is -0.338 e. The smallest absolute Gasteiger partial charge is 0.231 e. The van der Waals surface area contributed by atoms with E-state index in [1.165, 1.54) is 22.9 Å². The molecule has 2 aromatic carbocycles. The van der Waals surface area contributed by atoms with Crippen LogP contribution in [0.2, 0.25) is 5.02 Å². The van der Waals surface area contributed by atoms with Gasteiger partial charge in [0.1, 0.15) is 0 Å². The molecule has 9 heteroatoms. The largest absolute Gasteiger partial charge is 0.338 e. The molecule has 170 valence electrons. The Bertz CT molecular complexity index is 1130. The van der Waals surface area contributed by atoms with Crippen LogP contribution in [0.4, 0.5) is 11.9 Å². The average Bonchev–Trinajstić information content (AvgIpc) is 3.30. The predicted molar refractivity (Wildman–Crippen MR) is 135 cm³/mol. The summed E-state index contributed by atoms with van der Waals surface area (Å²) in [5.41, 5.74) is 2.48. The zero-order valence-electron chi connectivity index (χ0n) is 18.4. The summed E-state index contributed by atoms with van der Waals surface area (Å²) >= 11 is 7.84. The fraction of sp³-hybridized carbons (Fsp3) is 0.292. The molecule has 3 aromatic rings. The van der Waals surface area contributed by atoms with Crippen LogP contribution in [0.15, 0.2) is 70.7 Å². The zero-order chi connectivity index (χ0) is 22.6. The van der Waals surface area contributed by atoms with Crippen molar-refractivity contribution < 1.29 is 0 Å². The number of benzene rings is 2. The van der Waals surface area contributed by atoms with Crippen molar-refractivity contribution in [3.63, 3.8) is 0 Å². The summed E-state index contributed by atoms with van der Waals surface area (Å²) in [6.45, 7) is 4.52. The summed E-state index contributed by atoms with van der Waals surface area (Å²) in [6.07, 6.45) is 2.14. The van der Waals surface area contributed by atoms with Crippen molar-refractivity contribution in [3.05, 3.63) is 71.3 Å². The van der Waals surface area contributed by atoms with Gasteiger partial charge < -0.3 is 15.1 Å². The zero-order valence-corrected chi connectivity index (χ0v) is 20.0. The van der Waals surface area contributed by atoms with Crippen LogP contribution >= 0.6 is 23.4 Å². The summed E-state index contributed by atoms with van der Waals surface area (Å²) in [5.74, 6) is 1.25. The number of nitrogens with one attached hydrogen (secondary N) is 2. The van der Waals surface area contributed by atoms with Gasteiger partial charge in [-0.2, -0.15) is 15.0 Å². The van der Waals surface area contributed by atoms with E-state index < -0.39 is 0 Å². The van der Waals surface area contributed by atoms with E-state index in [0.29, 0.717) is 22.1 Å². The summed E-state index contributed by atoms with van der Waals surface area (Å²) < 4.78 is 0. The minimum atomic E-state index is -0.0545. The number of piperazine rings is 1. The molecule has 2 N–H and O–H groups in total. The van der Waals surface area contributed by atoms with Crippen LogP contribution in [0.5, 0.6) is 0 Å². The first-order chi connectivity index (χ1) is 16.1. The molecule has 0 aliphatic carbocycles. The molecule has 0 spiro atoms. The third kappa shape index (κ3) is 5.47. The number of halogens is 1. The molecule has 1 fully saturated rings. The maximum absolute atomic E-state index is 6.39. The van der Waals surface area contributed by atoms with Crippen LogP contribution in [0.3, 0.4) is 0 Å². The Morgan fingerprint density at radius 1 is 0.970 bits per heavy atom. The van der Waals surface area contributed by atoms with E-state index in [2.05, 4.69) is 57.8 Å². The molecule has 33 heavy (non-hydrogen) atoms. The van der Waals surface area contributed by atoms with Gasteiger partial charge in [-0.1, -0.05) is 54.1 Å². The van der Waals surface area contributed by atoms with Gasteiger partial charge in [0.25, 0.3) is 0 Å². The average molecular weight is 480 g/mol. The van der Waals surface area contributed by atoms with Crippen molar-refractivity contribution in [2.75, 3.05) is 50.0 Å². The van der Waals surface area contributed by atoms with E-state index in [0.717, 1.165) is 37.6 Å². The Labute approximate surface area is 203 Å². The van der Waals surface area contributed by atoms with E-state index in [1.807, 2.05) is 30.3 Å². The molecule has 1 saturated heterocycles. The van der Waals surface area contributed by atoms with Crippen molar-refractivity contribution in [2.45, 2.75) is 16.2 Å². The van der Waals surface area contributed by atoms with Gasteiger partial charge in [-0.3, -0.25) is 5.32 Å². The first-order valence-corrected chi connectivity index (χ1v) is 12.2. The molecule has 1 unspecified atom stereocenters. The number of hydrogen-bond acceptors (Lipinski definition) is 8. The van der Waals surface area contributed by atoms with Crippen molar-refractivity contribution in [1.29, 1.82) is 0 Å². The van der Waals surface area contributed by atoms with E-state index >= 15 is 0 Å². The number of hydrogen-bond donors (Lipinski definition) is 2. The highest BCUT2D eigenvalue weighted by Crippen LogP contribution is 2.32. The molecule has 2 aliphatic heterocycles. The molecule has 2 aliphatic rings. The maximum atomic E-state index is 6.39. The van der Waals surface area contributed by atoms with E-state index in [4.69, 9.17) is 26.6 Å². The van der Waals surface area contributed by atoms with E-state index in [1.54, 1.807) is 0 Å². The van der Waals surface area contributed by atoms with Gasteiger partial charge in [-0.15, -0.1) is 0 Å². The number of likely N-dealkylation sites (N-methyl/N-ethyl adjacent to an activating group) is 1. The number of anilines is 2. The van der Waals surface area contributed by atoms with Crippen LogP contribution in [0.25, 0.3) is 5.57 Å². The normalized spacial score (nSPS) is 18.9. The molecule has 3 heterocycles. The highest BCUT2D eigenvalue weighted by atomic mass is 35.5. The topological polar surface area (TPSA) is 69.2 Å². The molecule has 0 bridgehead atoms. The second-order valence-corrected chi connectivity index (χ2v) is 9.54. The molecule has 0 radical (unpaired) electrons. The van der Waals surface area contributed by atoms with Gasteiger partial charge in [0, 0.05) is 37.6 Å². The first kappa shape index (κ1) is 22.2. The SMILES string of the molecule is CN1CCN(c2nc(NC3C=C(c4ccccc4)CN3)nc(Sc3ccccc3Cl)n2)CC1. The predicted octanol–water partition coefficient (Wildman–Crippen LogP) is 3.85. The lowest BCUT2D eigenvalue weighted by atomic mass is 10.1. The monoisotopic (exact) mass is 479 g/mol. The van der Waals surface area contributed by atoms with Crippen LogP contribution in [-0.4, -0.2) is 65.8 Å². The Morgan fingerprint density at radius 2 is 1.73 bits per heavy atom. The van der Waals surface area contributed by atoms with Crippen LogP contribution in [0.1, 0.15) is 5.56 Å². The molecule has 1 atom stereocenters. The summed E-state index contributed by atoms with van der Waals surface area (Å²) in [5, 5.41) is 8.23. The lowest BCUT2D eigenvalue weighted by Gasteiger charge is -2.32. The molecule has 7 nitrogen and oxygen atoms in total. The van der Waals surface area contributed by atoms with Crippen LogP contribution < -0.4 is 15.5 Å². The lowest BCUT2D eigenvalue weighted by Crippen LogP contribution is -2.45. The second-order valence-electron chi connectivity index (χ2n) is 8.13. The van der Waals surface area contributed by atoms with Crippen molar-refractivity contribution in [2.24, 2.45) is 0 Å². The fourth-order valence-electron chi connectivity index (χ4n) is 3.85. The third-order valence-electron chi connectivity index (χ3n) is 5.74. The summed E-state index contributed by atoms with van der Waals surface area (Å²) in [6, 6.07) is 18.2.